The number of likely N-dealkylation sites (tertiary alicyclic amines) is 1. The van der Waals surface area contributed by atoms with Gasteiger partial charge in [0.1, 0.15) is 11.4 Å². The molecule has 1 N–H and O–H groups in total. The number of aromatic carboxylic acids is 1. The van der Waals surface area contributed by atoms with Crippen molar-refractivity contribution in [2.24, 2.45) is 0 Å². The summed E-state index contributed by atoms with van der Waals surface area (Å²) in [6, 6.07) is 8.60. The van der Waals surface area contributed by atoms with Gasteiger partial charge in [-0.15, -0.1) is 0 Å². The number of carboxylic acid groups (broad SMARTS) is 1. The van der Waals surface area contributed by atoms with Crippen molar-refractivity contribution in [2.45, 2.75) is 84.4 Å². The van der Waals surface area contributed by atoms with Crippen molar-refractivity contribution >= 4 is 18.0 Å². The Bertz CT molecular complexity index is 1240. The summed E-state index contributed by atoms with van der Waals surface area (Å²) in [5.41, 5.74) is 1.35. The lowest BCUT2D eigenvalue weighted by Crippen LogP contribution is -2.54. The average Bonchev–Trinajstić information content (AvgIpc) is 2.90. The fraction of sp³-hybridized carbons (Fsp3) is 0.531. The molecule has 0 saturated carbocycles. The van der Waals surface area contributed by atoms with Gasteiger partial charge in [0.2, 0.25) is 0 Å². The van der Waals surface area contributed by atoms with Gasteiger partial charge in [0.05, 0.1) is 11.6 Å². The Hall–Kier alpha value is -3.46. The third-order valence-electron chi connectivity index (χ3n) is 7.13. The van der Waals surface area contributed by atoms with E-state index >= 15 is 0 Å². The second-order valence-electron chi connectivity index (χ2n) is 11.9. The van der Waals surface area contributed by atoms with E-state index in [1.165, 1.54) is 12.1 Å². The normalized spacial score (nSPS) is 15.6. The number of aryl methyl sites for hydroxylation is 1. The zero-order chi connectivity index (χ0) is 30.3. The zero-order valence-corrected chi connectivity index (χ0v) is 25.0. The number of methoxy groups -OCH3 is 1. The fourth-order valence-electron chi connectivity index (χ4n) is 5.27. The second kappa shape index (κ2) is 13.9. The zero-order valence-electron chi connectivity index (χ0n) is 25.0. The van der Waals surface area contributed by atoms with E-state index in [2.05, 4.69) is 0 Å². The topological polar surface area (TPSA) is 96.4 Å². The predicted octanol–water partition coefficient (Wildman–Crippen LogP) is 6.41. The van der Waals surface area contributed by atoms with Crippen LogP contribution in [0.2, 0.25) is 0 Å². The molecule has 2 aromatic rings. The maximum Gasteiger partial charge on any atom is 0.410 e. The molecule has 1 saturated heterocycles. The van der Waals surface area contributed by atoms with Crippen molar-refractivity contribution < 1.29 is 33.4 Å². The van der Waals surface area contributed by atoms with Gasteiger partial charge in [-0.2, -0.15) is 0 Å². The van der Waals surface area contributed by atoms with Crippen molar-refractivity contribution in [2.75, 3.05) is 26.8 Å². The van der Waals surface area contributed by atoms with Crippen molar-refractivity contribution in [3.05, 3.63) is 58.9 Å². The molecule has 41 heavy (non-hydrogen) atoms. The smallest absolute Gasteiger partial charge is 0.410 e. The van der Waals surface area contributed by atoms with Gasteiger partial charge in [-0.1, -0.05) is 6.07 Å². The summed E-state index contributed by atoms with van der Waals surface area (Å²) in [4.78, 5) is 41.8. The van der Waals surface area contributed by atoms with Crippen LogP contribution in [0.25, 0.3) is 11.1 Å². The highest BCUT2D eigenvalue weighted by atomic mass is 19.1. The van der Waals surface area contributed by atoms with Crippen LogP contribution in [0.5, 0.6) is 0 Å². The minimum Gasteiger partial charge on any atom is -0.478 e. The third kappa shape index (κ3) is 8.52. The summed E-state index contributed by atoms with van der Waals surface area (Å²) in [5, 5.41) is 9.46. The summed E-state index contributed by atoms with van der Waals surface area (Å²) in [7, 11) is 1.63. The molecule has 1 atom stereocenters. The first kappa shape index (κ1) is 32.1. The fourth-order valence-corrected chi connectivity index (χ4v) is 5.27. The van der Waals surface area contributed by atoms with Gasteiger partial charge in [0, 0.05) is 44.0 Å². The summed E-state index contributed by atoms with van der Waals surface area (Å²) in [6.07, 6.45) is 3.23. The molecule has 0 aromatic heterocycles. The van der Waals surface area contributed by atoms with Crippen LogP contribution in [0, 0.1) is 5.82 Å². The van der Waals surface area contributed by atoms with Gasteiger partial charge < -0.3 is 24.4 Å². The van der Waals surface area contributed by atoms with E-state index in [0.717, 1.165) is 37.3 Å². The number of halogens is 1. The molecule has 9 heteroatoms. The number of piperidine rings is 1. The van der Waals surface area contributed by atoms with Crippen LogP contribution in [0.4, 0.5) is 9.18 Å². The average molecular weight is 571 g/mol. The van der Waals surface area contributed by atoms with E-state index in [0.29, 0.717) is 37.2 Å². The highest BCUT2D eigenvalue weighted by Gasteiger charge is 2.34. The van der Waals surface area contributed by atoms with E-state index in [1.54, 1.807) is 30.2 Å². The van der Waals surface area contributed by atoms with Crippen molar-refractivity contribution in [1.29, 1.82) is 0 Å². The molecule has 1 unspecified atom stereocenters. The van der Waals surface area contributed by atoms with E-state index in [9.17, 15) is 23.9 Å². The lowest BCUT2D eigenvalue weighted by molar-refractivity contribution is 0.00752. The maximum atomic E-state index is 15.0. The summed E-state index contributed by atoms with van der Waals surface area (Å²) >= 11 is 0. The monoisotopic (exact) mass is 570 g/mol. The Balaban J connectivity index is 1.95. The van der Waals surface area contributed by atoms with Gasteiger partial charge in [-0.3, -0.25) is 4.79 Å². The van der Waals surface area contributed by atoms with Crippen LogP contribution < -0.4 is 0 Å². The summed E-state index contributed by atoms with van der Waals surface area (Å²) in [6.45, 7) is 10.9. The summed E-state index contributed by atoms with van der Waals surface area (Å²) < 4.78 is 25.7. The first-order valence-electron chi connectivity index (χ1n) is 14.3. The van der Waals surface area contributed by atoms with Crippen LogP contribution >= 0.6 is 0 Å². The van der Waals surface area contributed by atoms with Crippen LogP contribution in [0.3, 0.4) is 0 Å². The first-order valence-corrected chi connectivity index (χ1v) is 14.3. The molecule has 0 spiro atoms. The number of nitrogens with zero attached hydrogens (tertiary/aromatic N) is 2. The van der Waals surface area contributed by atoms with Crippen LogP contribution in [-0.2, 0) is 15.9 Å². The number of carbonyl (C=O) groups is 3. The van der Waals surface area contributed by atoms with Crippen molar-refractivity contribution in [3.8, 4) is 11.1 Å². The molecule has 0 aliphatic carbocycles. The first-order chi connectivity index (χ1) is 19.3. The van der Waals surface area contributed by atoms with Crippen LogP contribution in [0.15, 0.2) is 36.4 Å². The number of amides is 2. The predicted molar refractivity (Wildman–Crippen MR) is 156 cm³/mol. The number of rotatable bonds is 10. The van der Waals surface area contributed by atoms with Gasteiger partial charge in [0.15, 0.2) is 0 Å². The number of carboxylic acids is 1. The van der Waals surface area contributed by atoms with Gasteiger partial charge >= 0.3 is 12.1 Å². The highest BCUT2D eigenvalue weighted by Crippen LogP contribution is 2.31. The van der Waals surface area contributed by atoms with Crippen molar-refractivity contribution in [1.82, 2.24) is 9.80 Å². The van der Waals surface area contributed by atoms with E-state index in [1.807, 2.05) is 39.5 Å². The standard InChI is InChI=1S/C32H43FN2O6/c1-21(2)35(25-11-9-16-34(20-25)31(39)41-32(3,4)5)29(36)23-12-14-26(22(18-23)10-7-8-17-40-6)27-19-24(30(37)38)13-15-28(27)33/h12-15,18-19,21,25H,7-11,16-17,20H2,1-6H3,(H,37,38). The molecule has 2 amide bonds. The number of hydrogen-bond donors (Lipinski definition) is 1. The number of unbranched alkanes of at least 4 members (excludes halogenated alkanes) is 1. The molecule has 224 valence electrons. The van der Waals surface area contributed by atoms with E-state index in [-0.39, 0.29) is 35.2 Å². The molecule has 2 aromatic carbocycles. The second-order valence-corrected chi connectivity index (χ2v) is 11.9. The van der Waals surface area contributed by atoms with Crippen molar-refractivity contribution in [3.63, 3.8) is 0 Å². The molecule has 1 aliphatic rings. The maximum absolute atomic E-state index is 15.0. The molecule has 0 radical (unpaired) electrons. The largest absolute Gasteiger partial charge is 0.478 e. The van der Waals surface area contributed by atoms with Crippen LogP contribution in [0.1, 0.15) is 86.6 Å². The number of ether oxygens (including phenoxy) is 2. The third-order valence-corrected chi connectivity index (χ3v) is 7.13. The van der Waals surface area contributed by atoms with E-state index < -0.39 is 17.4 Å². The minimum atomic E-state index is -1.14. The lowest BCUT2D eigenvalue weighted by Gasteiger charge is -2.41. The van der Waals surface area contributed by atoms with Gasteiger partial charge in [-0.05, 0) is 108 Å². The Morgan fingerprint density at radius 3 is 2.41 bits per heavy atom. The number of hydrogen-bond acceptors (Lipinski definition) is 5. The SMILES string of the molecule is COCCCCc1cc(C(=O)N(C(C)C)C2CCCN(C(=O)OC(C)(C)C)C2)ccc1-c1cc(C(=O)O)ccc1F. The molecule has 1 heterocycles. The molecule has 8 nitrogen and oxygen atoms in total. The highest BCUT2D eigenvalue weighted by molar-refractivity contribution is 5.96. The number of benzene rings is 2. The molecule has 1 fully saturated rings. The van der Waals surface area contributed by atoms with Gasteiger partial charge in [-0.25, -0.2) is 14.0 Å². The molecule has 1 aliphatic heterocycles. The molecule has 3 rings (SSSR count). The summed E-state index contributed by atoms with van der Waals surface area (Å²) in [5.74, 6) is -1.83. The Morgan fingerprint density at radius 2 is 1.78 bits per heavy atom. The number of carbonyl (C=O) groups excluding carboxylic acids is 2. The molecular weight excluding hydrogens is 527 g/mol. The molecular formula is C32H43FN2O6. The lowest BCUT2D eigenvalue weighted by atomic mass is 9.92. The Kier molecular flexibility index (Phi) is 10.9. The van der Waals surface area contributed by atoms with E-state index in [4.69, 9.17) is 9.47 Å². The Morgan fingerprint density at radius 1 is 1.07 bits per heavy atom. The van der Waals surface area contributed by atoms with Crippen LogP contribution in [-0.4, -0.2) is 77.4 Å². The Labute approximate surface area is 242 Å². The minimum absolute atomic E-state index is 0.00953. The van der Waals surface area contributed by atoms with Gasteiger partial charge in [0.25, 0.3) is 5.91 Å². The molecule has 0 bridgehead atoms. The quantitative estimate of drug-likeness (QED) is 0.332.